The Labute approximate surface area is 108 Å². The van der Waals surface area contributed by atoms with E-state index in [2.05, 4.69) is 0 Å². The van der Waals surface area contributed by atoms with E-state index in [1.165, 1.54) is 4.57 Å². The molecule has 0 aliphatic heterocycles. The topological polar surface area (TPSA) is 79.5 Å². The molecule has 2 rings (SSSR count). The zero-order valence-corrected chi connectivity index (χ0v) is 10.8. The summed E-state index contributed by atoms with van der Waals surface area (Å²) in [7, 11) is 0. The van der Waals surface area contributed by atoms with Crippen LogP contribution in [-0.2, 0) is 0 Å². The maximum absolute atomic E-state index is 11.9. The van der Waals surface area contributed by atoms with Gasteiger partial charge in [0.1, 0.15) is 11.4 Å². The molecule has 0 saturated heterocycles. The van der Waals surface area contributed by atoms with Gasteiger partial charge in [-0.05, 0) is 19.1 Å². The molecule has 2 atom stereocenters. The molecule has 1 saturated carbocycles. The lowest BCUT2D eigenvalue weighted by atomic mass is 10.2. The van der Waals surface area contributed by atoms with Gasteiger partial charge >= 0.3 is 5.97 Å². The van der Waals surface area contributed by atoms with Gasteiger partial charge in [-0.2, -0.15) is 11.8 Å². The normalized spacial score (nSPS) is 23.2. The number of carboxylic acid groups (broad SMARTS) is 1. The Kier molecular flexibility index (Phi) is 3.65. The lowest BCUT2D eigenvalue weighted by Crippen LogP contribution is -2.31. The van der Waals surface area contributed by atoms with E-state index in [1.54, 1.807) is 11.8 Å². The van der Waals surface area contributed by atoms with Crippen LogP contribution in [0.5, 0.6) is 5.75 Å². The van der Waals surface area contributed by atoms with Crippen molar-refractivity contribution < 1.29 is 15.0 Å². The second-order valence-electron chi connectivity index (χ2n) is 4.38. The van der Waals surface area contributed by atoms with Crippen LogP contribution in [0.4, 0.5) is 0 Å². The summed E-state index contributed by atoms with van der Waals surface area (Å²) >= 11 is 1.65. The lowest BCUT2D eigenvalue weighted by molar-refractivity contribution is 0.0680. The second kappa shape index (κ2) is 5.06. The van der Waals surface area contributed by atoms with Gasteiger partial charge in [0.2, 0.25) is 0 Å². The fraction of sp³-hybridized carbons (Fsp3) is 0.500. The molecule has 1 aliphatic rings. The van der Waals surface area contributed by atoms with Crippen LogP contribution >= 0.6 is 11.8 Å². The molecule has 1 aromatic rings. The smallest absolute Gasteiger partial charge is 0.352 e. The Hall–Kier alpha value is -1.43. The van der Waals surface area contributed by atoms with Crippen molar-refractivity contribution in [3.8, 4) is 5.75 Å². The van der Waals surface area contributed by atoms with E-state index in [9.17, 15) is 14.7 Å². The van der Waals surface area contributed by atoms with Crippen LogP contribution in [0, 0.1) is 0 Å². The summed E-state index contributed by atoms with van der Waals surface area (Å²) in [6.45, 7) is 0. The quantitative estimate of drug-likeness (QED) is 0.873. The summed E-state index contributed by atoms with van der Waals surface area (Å²) in [6.07, 6.45) is 4.74. The number of carbonyl (C=O) groups is 1. The standard InChI is InChI=1S/C12H15NO4S/c1-18-10-4-2-3-8(10)13-9(12(16)17)5-7(14)6-11(13)15/h5-6,8,10,14H,2-4H2,1H3,(H,16,17). The van der Waals surface area contributed by atoms with Crippen molar-refractivity contribution in [2.75, 3.05) is 6.26 Å². The van der Waals surface area contributed by atoms with Gasteiger partial charge < -0.3 is 10.2 Å². The SMILES string of the molecule is CSC1CCCC1n1c(C(=O)O)cc(O)cc1=O. The number of pyridine rings is 1. The summed E-state index contributed by atoms with van der Waals surface area (Å²) in [5.74, 6) is -1.48. The van der Waals surface area contributed by atoms with E-state index in [-0.39, 0.29) is 22.7 Å². The fourth-order valence-corrected chi connectivity index (χ4v) is 3.52. The third kappa shape index (κ3) is 2.25. The largest absolute Gasteiger partial charge is 0.508 e. The molecular formula is C12H15NO4S. The number of nitrogens with zero attached hydrogens (tertiary/aromatic N) is 1. The predicted molar refractivity (Wildman–Crippen MR) is 69.5 cm³/mol. The highest BCUT2D eigenvalue weighted by molar-refractivity contribution is 7.99. The summed E-state index contributed by atoms with van der Waals surface area (Å²) < 4.78 is 1.32. The molecule has 5 nitrogen and oxygen atoms in total. The number of aromatic carboxylic acids is 1. The van der Waals surface area contributed by atoms with Crippen molar-refractivity contribution in [3.63, 3.8) is 0 Å². The minimum absolute atomic E-state index is 0.0980. The Bertz CT molecular complexity index is 525. The van der Waals surface area contributed by atoms with Crippen LogP contribution in [0.1, 0.15) is 35.8 Å². The van der Waals surface area contributed by atoms with Gasteiger partial charge in [-0.3, -0.25) is 9.36 Å². The van der Waals surface area contributed by atoms with Gasteiger partial charge in [-0.25, -0.2) is 4.79 Å². The molecule has 98 valence electrons. The lowest BCUT2D eigenvalue weighted by Gasteiger charge is -2.22. The molecule has 1 aliphatic carbocycles. The van der Waals surface area contributed by atoms with Gasteiger partial charge in [-0.15, -0.1) is 0 Å². The molecule has 0 radical (unpaired) electrons. The molecule has 0 spiro atoms. The third-order valence-electron chi connectivity index (χ3n) is 3.32. The Balaban J connectivity index is 2.55. The molecule has 1 heterocycles. The second-order valence-corrected chi connectivity index (χ2v) is 5.46. The molecule has 1 aromatic heterocycles. The van der Waals surface area contributed by atoms with Crippen LogP contribution in [0.2, 0.25) is 0 Å². The number of hydrogen-bond acceptors (Lipinski definition) is 4. The van der Waals surface area contributed by atoms with Gasteiger partial charge in [0.25, 0.3) is 5.56 Å². The predicted octanol–water partition coefficient (Wildman–Crippen LogP) is 1.71. The first kappa shape index (κ1) is 13.0. The Morgan fingerprint density at radius 2 is 2.17 bits per heavy atom. The van der Waals surface area contributed by atoms with Crippen LogP contribution in [0.15, 0.2) is 16.9 Å². The highest BCUT2D eigenvalue weighted by atomic mass is 32.2. The monoisotopic (exact) mass is 269 g/mol. The number of rotatable bonds is 3. The summed E-state index contributed by atoms with van der Waals surface area (Å²) in [5.41, 5.74) is -0.579. The van der Waals surface area contributed by atoms with Crippen LogP contribution in [-0.4, -0.2) is 32.3 Å². The van der Waals surface area contributed by atoms with Crippen LogP contribution in [0.25, 0.3) is 0 Å². The summed E-state index contributed by atoms with van der Waals surface area (Å²) in [5, 5.41) is 18.8. The molecule has 6 heteroatoms. The summed E-state index contributed by atoms with van der Waals surface area (Å²) in [6, 6.07) is 2.11. The maximum atomic E-state index is 11.9. The Morgan fingerprint density at radius 1 is 1.44 bits per heavy atom. The zero-order chi connectivity index (χ0) is 13.3. The van der Waals surface area contributed by atoms with Gasteiger partial charge in [0.15, 0.2) is 0 Å². The molecule has 0 bridgehead atoms. The average molecular weight is 269 g/mol. The van der Waals surface area contributed by atoms with E-state index >= 15 is 0 Å². The highest BCUT2D eigenvalue weighted by Crippen LogP contribution is 2.37. The number of aromatic hydroxyl groups is 1. The van der Waals surface area contributed by atoms with Crippen LogP contribution in [0.3, 0.4) is 0 Å². The number of hydrogen-bond donors (Lipinski definition) is 2. The van der Waals surface area contributed by atoms with Gasteiger partial charge in [0, 0.05) is 23.4 Å². The molecule has 2 N–H and O–H groups in total. The molecule has 2 unspecified atom stereocenters. The number of carboxylic acids is 1. The molecule has 0 aromatic carbocycles. The maximum Gasteiger partial charge on any atom is 0.352 e. The first-order valence-electron chi connectivity index (χ1n) is 5.76. The van der Waals surface area contributed by atoms with Crippen molar-refractivity contribution in [1.82, 2.24) is 4.57 Å². The van der Waals surface area contributed by atoms with E-state index in [0.29, 0.717) is 0 Å². The van der Waals surface area contributed by atoms with Gasteiger partial charge in [-0.1, -0.05) is 6.42 Å². The molecular weight excluding hydrogens is 254 g/mol. The highest BCUT2D eigenvalue weighted by Gasteiger charge is 2.31. The zero-order valence-electron chi connectivity index (χ0n) is 10.00. The molecule has 0 amide bonds. The van der Waals surface area contributed by atoms with E-state index in [4.69, 9.17) is 5.11 Å². The van der Waals surface area contributed by atoms with E-state index in [1.807, 2.05) is 6.26 Å². The minimum Gasteiger partial charge on any atom is -0.508 e. The van der Waals surface area contributed by atoms with Crippen molar-refractivity contribution in [3.05, 3.63) is 28.2 Å². The van der Waals surface area contributed by atoms with E-state index < -0.39 is 11.5 Å². The Morgan fingerprint density at radius 3 is 2.78 bits per heavy atom. The number of aromatic nitrogens is 1. The van der Waals surface area contributed by atoms with Crippen molar-refractivity contribution in [1.29, 1.82) is 0 Å². The first-order valence-corrected chi connectivity index (χ1v) is 7.05. The van der Waals surface area contributed by atoms with Crippen molar-refractivity contribution in [2.45, 2.75) is 30.6 Å². The first-order chi connectivity index (χ1) is 8.54. The molecule has 18 heavy (non-hydrogen) atoms. The van der Waals surface area contributed by atoms with Crippen molar-refractivity contribution >= 4 is 17.7 Å². The summed E-state index contributed by atoms with van der Waals surface area (Å²) in [4.78, 5) is 23.1. The van der Waals surface area contributed by atoms with Crippen LogP contribution < -0.4 is 5.56 Å². The van der Waals surface area contributed by atoms with Gasteiger partial charge in [0.05, 0.1) is 0 Å². The fourth-order valence-electron chi connectivity index (χ4n) is 2.55. The average Bonchev–Trinajstić information content (AvgIpc) is 2.75. The van der Waals surface area contributed by atoms with Crippen molar-refractivity contribution in [2.24, 2.45) is 0 Å². The third-order valence-corrected chi connectivity index (χ3v) is 4.48. The minimum atomic E-state index is -1.19. The number of thioether (sulfide) groups is 1. The van der Waals surface area contributed by atoms with E-state index in [0.717, 1.165) is 31.4 Å². The molecule has 1 fully saturated rings.